The molecule has 1 aromatic carbocycles. The molecule has 1 unspecified atom stereocenters. The van der Waals surface area contributed by atoms with E-state index in [4.69, 9.17) is 5.11 Å². The van der Waals surface area contributed by atoms with Crippen molar-refractivity contribution in [2.24, 2.45) is 10.2 Å². The van der Waals surface area contributed by atoms with Gasteiger partial charge in [-0.2, -0.15) is 5.10 Å². The number of amides is 1. The van der Waals surface area contributed by atoms with Crippen LogP contribution in [0.25, 0.3) is 0 Å². The van der Waals surface area contributed by atoms with Crippen molar-refractivity contribution in [2.45, 2.75) is 18.6 Å². The predicted molar refractivity (Wildman–Crippen MR) is 77.9 cm³/mol. The highest BCUT2D eigenvalue weighted by Crippen LogP contribution is 2.22. The van der Waals surface area contributed by atoms with Gasteiger partial charge in [0.25, 0.3) is 0 Å². The number of carboxylic acids is 1. The normalized spacial score (nSPS) is 20.2. The van der Waals surface area contributed by atoms with Crippen molar-refractivity contribution in [2.75, 3.05) is 0 Å². The molecule has 0 spiro atoms. The maximum Gasteiger partial charge on any atom is 0.305 e. The number of aliphatic carboxylic acids is 1. The fraction of sp³-hybridized carbons (Fsp3) is 0.231. The lowest BCUT2D eigenvalue weighted by molar-refractivity contribution is -0.138. The number of rotatable bonds is 4. The molecule has 1 heterocycles. The minimum absolute atomic E-state index is 0.233. The summed E-state index contributed by atoms with van der Waals surface area (Å²) < 4.78 is 13.3. The number of thioether (sulfide) groups is 1. The standard InChI is InChI=1S/C13H12FN3O3S/c1-7-8(3-2-4-9(7)14)6-15-17-13-16-12(20)10(21-13)5-11(18)19/h2-4,6,10H,5H2,1H3,(H,18,19)(H,16,17,20). The van der Waals surface area contributed by atoms with Gasteiger partial charge in [0.1, 0.15) is 11.1 Å². The van der Waals surface area contributed by atoms with Gasteiger partial charge in [-0.15, -0.1) is 5.10 Å². The first-order valence-electron chi connectivity index (χ1n) is 6.03. The van der Waals surface area contributed by atoms with Gasteiger partial charge in [0.15, 0.2) is 5.17 Å². The molecule has 1 aliphatic heterocycles. The van der Waals surface area contributed by atoms with Gasteiger partial charge in [0.05, 0.1) is 12.6 Å². The summed E-state index contributed by atoms with van der Waals surface area (Å²) in [6.45, 7) is 1.62. The Morgan fingerprint density at radius 1 is 1.57 bits per heavy atom. The van der Waals surface area contributed by atoms with Gasteiger partial charge < -0.3 is 10.4 Å². The zero-order valence-corrected chi connectivity index (χ0v) is 11.9. The third-order valence-electron chi connectivity index (χ3n) is 2.79. The highest BCUT2D eigenvalue weighted by atomic mass is 32.2. The Hall–Kier alpha value is -2.22. The zero-order chi connectivity index (χ0) is 15.4. The molecular weight excluding hydrogens is 297 g/mol. The minimum Gasteiger partial charge on any atom is -0.481 e. The molecule has 0 radical (unpaired) electrons. The van der Waals surface area contributed by atoms with Crippen molar-refractivity contribution < 1.29 is 19.1 Å². The number of benzene rings is 1. The summed E-state index contributed by atoms with van der Waals surface area (Å²) >= 11 is 1.01. The first-order chi connectivity index (χ1) is 9.97. The lowest BCUT2D eigenvalue weighted by Crippen LogP contribution is -2.26. The van der Waals surface area contributed by atoms with Crippen LogP contribution in [0.5, 0.6) is 0 Å². The number of carboxylic acid groups (broad SMARTS) is 1. The van der Waals surface area contributed by atoms with Gasteiger partial charge in [-0.05, 0) is 18.6 Å². The van der Waals surface area contributed by atoms with Gasteiger partial charge in [0.2, 0.25) is 5.91 Å². The van der Waals surface area contributed by atoms with Crippen LogP contribution in [-0.4, -0.2) is 33.6 Å². The Balaban J connectivity index is 2.05. The van der Waals surface area contributed by atoms with Crippen LogP contribution in [0.1, 0.15) is 17.5 Å². The molecule has 1 aliphatic rings. The molecule has 2 rings (SSSR count). The highest BCUT2D eigenvalue weighted by Gasteiger charge is 2.32. The second kappa shape index (κ2) is 6.49. The van der Waals surface area contributed by atoms with Crippen LogP contribution in [-0.2, 0) is 9.59 Å². The Morgan fingerprint density at radius 3 is 3.05 bits per heavy atom. The van der Waals surface area contributed by atoms with Crippen LogP contribution < -0.4 is 5.32 Å². The van der Waals surface area contributed by atoms with Crippen molar-refractivity contribution in [1.82, 2.24) is 5.32 Å². The van der Waals surface area contributed by atoms with Crippen molar-refractivity contribution in [1.29, 1.82) is 0 Å². The molecule has 0 bridgehead atoms. The smallest absolute Gasteiger partial charge is 0.305 e. The first kappa shape index (κ1) is 15.2. The van der Waals surface area contributed by atoms with E-state index in [9.17, 15) is 14.0 Å². The number of hydrogen-bond acceptors (Lipinski definition) is 5. The van der Waals surface area contributed by atoms with E-state index in [2.05, 4.69) is 15.5 Å². The van der Waals surface area contributed by atoms with Gasteiger partial charge in [-0.1, -0.05) is 23.9 Å². The van der Waals surface area contributed by atoms with Gasteiger partial charge >= 0.3 is 5.97 Å². The van der Waals surface area contributed by atoms with Crippen LogP contribution in [0.4, 0.5) is 4.39 Å². The monoisotopic (exact) mass is 309 g/mol. The van der Waals surface area contributed by atoms with Crippen molar-refractivity contribution >= 4 is 35.0 Å². The molecule has 0 aliphatic carbocycles. The molecule has 1 atom stereocenters. The summed E-state index contributed by atoms with van der Waals surface area (Å²) in [5.74, 6) is -1.79. The van der Waals surface area contributed by atoms with Gasteiger partial charge in [-0.25, -0.2) is 4.39 Å². The summed E-state index contributed by atoms with van der Waals surface area (Å²) in [7, 11) is 0. The zero-order valence-electron chi connectivity index (χ0n) is 11.0. The molecule has 6 nitrogen and oxygen atoms in total. The fourth-order valence-electron chi connectivity index (χ4n) is 1.65. The maximum atomic E-state index is 13.3. The summed E-state index contributed by atoms with van der Waals surface area (Å²) in [6.07, 6.45) is 1.10. The van der Waals surface area contributed by atoms with E-state index in [0.29, 0.717) is 11.1 Å². The largest absolute Gasteiger partial charge is 0.481 e. The third kappa shape index (κ3) is 3.88. The molecule has 1 aromatic rings. The molecule has 1 amide bonds. The third-order valence-corrected chi connectivity index (χ3v) is 3.86. The molecule has 110 valence electrons. The lowest BCUT2D eigenvalue weighted by Gasteiger charge is -1.99. The summed E-state index contributed by atoms with van der Waals surface area (Å²) in [6, 6.07) is 4.60. The molecular formula is C13H12FN3O3S. The van der Waals surface area contributed by atoms with Crippen LogP contribution in [0.2, 0.25) is 0 Å². The summed E-state index contributed by atoms with van der Waals surface area (Å²) in [4.78, 5) is 22.1. The van der Waals surface area contributed by atoms with Crippen molar-refractivity contribution in [3.05, 3.63) is 35.1 Å². The van der Waals surface area contributed by atoms with E-state index < -0.39 is 17.1 Å². The number of carbonyl (C=O) groups excluding carboxylic acids is 1. The summed E-state index contributed by atoms with van der Waals surface area (Å²) in [5, 5.41) is 18.2. The number of halogens is 1. The lowest BCUT2D eigenvalue weighted by atomic mass is 10.1. The molecule has 1 fully saturated rings. The topological polar surface area (TPSA) is 91.1 Å². The van der Waals surface area contributed by atoms with Crippen LogP contribution >= 0.6 is 11.8 Å². The average molecular weight is 309 g/mol. The number of hydrogen-bond donors (Lipinski definition) is 2. The van der Waals surface area contributed by atoms with Crippen molar-refractivity contribution in [3.8, 4) is 0 Å². The van der Waals surface area contributed by atoms with Gasteiger partial charge in [0, 0.05) is 5.56 Å². The molecule has 1 saturated heterocycles. The van der Waals surface area contributed by atoms with Crippen molar-refractivity contribution in [3.63, 3.8) is 0 Å². The second-order valence-electron chi connectivity index (χ2n) is 4.30. The number of carbonyl (C=O) groups is 2. The van der Waals surface area contributed by atoms with E-state index in [1.807, 2.05) is 0 Å². The molecule has 2 N–H and O–H groups in total. The maximum absolute atomic E-state index is 13.3. The number of amidine groups is 1. The minimum atomic E-state index is -1.05. The Labute approximate surface area is 124 Å². The van der Waals surface area contributed by atoms with E-state index in [1.165, 1.54) is 12.3 Å². The van der Waals surface area contributed by atoms with E-state index in [0.717, 1.165) is 11.8 Å². The summed E-state index contributed by atoms with van der Waals surface area (Å²) in [5.41, 5.74) is 1.03. The second-order valence-corrected chi connectivity index (χ2v) is 5.49. The predicted octanol–water partition coefficient (Wildman–Crippen LogP) is 1.53. The highest BCUT2D eigenvalue weighted by molar-refractivity contribution is 8.15. The van der Waals surface area contributed by atoms with E-state index in [1.54, 1.807) is 19.1 Å². The van der Waals surface area contributed by atoms with Gasteiger partial charge in [-0.3, -0.25) is 9.59 Å². The number of nitrogens with one attached hydrogen (secondary N) is 1. The van der Waals surface area contributed by atoms with E-state index >= 15 is 0 Å². The quantitative estimate of drug-likeness (QED) is 0.652. The Morgan fingerprint density at radius 2 is 2.33 bits per heavy atom. The Bertz CT molecular complexity index is 646. The molecule has 0 aromatic heterocycles. The van der Waals surface area contributed by atoms with Crippen LogP contribution in [0.15, 0.2) is 28.4 Å². The molecule has 8 heteroatoms. The Kier molecular flexibility index (Phi) is 4.69. The fourth-order valence-corrected chi connectivity index (χ4v) is 2.57. The average Bonchev–Trinajstić information content (AvgIpc) is 2.74. The SMILES string of the molecule is Cc1c(F)cccc1C=NN=C1NC(=O)C(CC(=O)O)S1. The molecule has 0 saturated carbocycles. The van der Waals surface area contributed by atoms with Crippen LogP contribution in [0, 0.1) is 12.7 Å². The first-order valence-corrected chi connectivity index (χ1v) is 6.91. The number of nitrogens with zero attached hydrogens (tertiary/aromatic N) is 2. The van der Waals surface area contributed by atoms with Crippen LogP contribution in [0.3, 0.4) is 0 Å². The molecule has 21 heavy (non-hydrogen) atoms. The van der Waals surface area contributed by atoms with E-state index in [-0.39, 0.29) is 17.4 Å².